The summed E-state index contributed by atoms with van der Waals surface area (Å²) in [5.74, 6) is 0.561. The van der Waals surface area contributed by atoms with E-state index in [0.29, 0.717) is 5.75 Å². The van der Waals surface area contributed by atoms with Crippen LogP contribution in [0.3, 0.4) is 0 Å². The van der Waals surface area contributed by atoms with Crippen LogP contribution in [0.4, 0.5) is 0 Å². The lowest BCUT2D eigenvalue weighted by Gasteiger charge is -2.25. The van der Waals surface area contributed by atoms with Crippen molar-refractivity contribution in [1.82, 2.24) is 0 Å². The summed E-state index contributed by atoms with van der Waals surface area (Å²) in [6, 6.07) is 27.8. The predicted molar refractivity (Wildman–Crippen MR) is 92.7 cm³/mol. The fourth-order valence-corrected chi connectivity index (χ4v) is 2.97. The van der Waals surface area contributed by atoms with Crippen molar-refractivity contribution in [3.8, 4) is 5.75 Å². The number of ether oxygens (including phenoxy) is 1. The number of aliphatic hydroxyl groups is 1. The Kier molecular flexibility index (Phi) is 4.74. The van der Waals surface area contributed by atoms with E-state index in [9.17, 15) is 5.11 Å². The molecule has 0 aliphatic carbocycles. The van der Waals surface area contributed by atoms with Crippen LogP contribution >= 0.6 is 0 Å². The Hall–Kier alpha value is -2.58. The van der Waals surface area contributed by atoms with E-state index >= 15 is 0 Å². The van der Waals surface area contributed by atoms with Gasteiger partial charge in [0.25, 0.3) is 0 Å². The molecule has 0 aliphatic heterocycles. The summed E-state index contributed by atoms with van der Waals surface area (Å²) in [7, 11) is 1.63. The lowest BCUT2D eigenvalue weighted by atomic mass is 9.83. The third-order valence-electron chi connectivity index (χ3n) is 4.09. The number of hydrogen-bond acceptors (Lipinski definition) is 2. The molecule has 0 radical (unpaired) electrons. The van der Waals surface area contributed by atoms with E-state index in [-0.39, 0.29) is 5.92 Å². The summed E-state index contributed by atoms with van der Waals surface area (Å²) in [6.07, 6.45) is -0.684. The second-order valence-corrected chi connectivity index (χ2v) is 5.49. The fraction of sp³-hybridized carbons (Fsp3) is 0.143. The number of rotatable bonds is 5. The van der Waals surface area contributed by atoms with Crippen molar-refractivity contribution in [2.75, 3.05) is 7.11 Å². The van der Waals surface area contributed by atoms with Crippen LogP contribution in [0.1, 0.15) is 28.7 Å². The average molecular weight is 304 g/mol. The standard InChI is InChI=1S/C21H20O2/c1-23-19-15-9-8-14-18(19)21(22)20(16-10-4-2-5-11-16)17-12-6-3-7-13-17/h2-15,20-22H,1H3/t21-/m1/s1. The summed E-state index contributed by atoms with van der Waals surface area (Å²) >= 11 is 0. The molecule has 3 aromatic rings. The van der Waals surface area contributed by atoms with Gasteiger partial charge in [0, 0.05) is 11.5 Å². The molecule has 0 spiro atoms. The highest BCUT2D eigenvalue weighted by Gasteiger charge is 2.26. The van der Waals surface area contributed by atoms with Gasteiger partial charge in [0.2, 0.25) is 0 Å². The molecule has 116 valence electrons. The molecule has 23 heavy (non-hydrogen) atoms. The van der Waals surface area contributed by atoms with Gasteiger partial charge in [0.05, 0.1) is 13.2 Å². The minimum atomic E-state index is -0.684. The first-order chi connectivity index (χ1) is 11.3. The second-order valence-electron chi connectivity index (χ2n) is 5.49. The van der Waals surface area contributed by atoms with E-state index in [0.717, 1.165) is 16.7 Å². The van der Waals surface area contributed by atoms with Crippen LogP contribution in [0, 0.1) is 0 Å². The third kappa shape index (κ3) is 3.27. The molecule has 1 atom stereocenters. The van der Waals surface area contributed by atoms with Gasteiger partial charge in [-0.25, -0.2) is 0 Å². The van der Waals surface area contributed by atoms with Crippen molar-refractivity contribution < 1.29 is 9.84 Å². The molecule has 0 amide bonds. The Balaban J connectivity index is 2.08. The van der Waals surface area contributed by atoms with Crippen LogP contribution in [-0.4, -0.2) is 12.2 Å². The number of para-hydroxylation sites is 1. The maximum atomic E-state index is 11.1. The van der Waals surface area contributed by atoms with Crippen molar-refractivity contribution >= 4 is 0 Å². The number of benzene rings is 3. The van der Waals surface area contributed by atoms with Crippen molar-refractivity contribution in [3.05, 3.63) is 102 Å². The predicted octanol–water partition coefficient (Wildman–Crippen LogP) is 4.56. The summed E-state index contributed by atoms with van der Waals surface area (Å²) in [5.41, 5.74) is 2.96. The van der Waals surface area contributed by atoms with Gasteiger partial charge in [-0.15, -0.1) is 0 Å². The largest absolute Gasteiger partial charge is 0.496 e. The molecule has 0 bridgehead atoms. The minimum absolute atomic E-state index is 0.145. The Morgan fingerprint density at radius 3 is 1.70 bits per heavy atom. The Bertz CT molecular complexity index is 699. The molecule has 3 rings (SSSR count). The van der Waals surface area contributed by atoms with E-state index in [1.807, 2.05) is 60.7 Å². The molecule has 2 nitrogen and oxygen atoms in total. The van der Waals surface area contributed by atoms with Gasteiger partial charge in [0.15, 0.2) is 0 Å². The molecule has 2 heteroatoms. The number of hydrogen-bond donors (Lipinski definition) is 1. The summed E-state index contributed by atoms with van der Waals surface area (Å²) in [5, 5.41) is 11.1. The second kappa shape index (κ2) is 7.12. The van der Waals surface area contributed by atoms with Gasteiger partial charge in [0.1, 0.15) is 5.75 Å². The van der Waals surface area contributed by atoms with Crippen molar-refractivity contribution in [2.24, 2.45) is 0 Å². The Morgan fingerprint density at radius 1 is 0.696 bits per heavy atom. The first-order valence-corrected chi connectivity index (χ1v) is 7.72. The quantitative estimate of drug-likeness (QED) is 0.748. The molecular weight excluding hydrogens is 284 g/mol. The van der Waals surface area contributed by atoms with Gasteiger partial charge < -0.3 is 9.84 Å². The average Bonchev–Trinajstić information content (AvgIpc) is 2.63. The zero-order valence-electron chi connectivity index (χ0n) is 13.1. The van der Waals surface area contributed by atoms with Crippen LogP contribution < -0.4 is 4.74 Å². The zero-order valence-corrected chi connectivity index (χ0v) is 13.1. The molecule has 0 heterocycles. The van der Waals surface area contributed by atoms with Crippen molar-refractivity contribution in [1.29, 1.82) is 0 Å². The van der Waals surface area contributed by atoms with Gasteiger partial charge >= 0.3 is 0 Å². The molecule has 0 saturated heterocycles. The monoisotopic (exact) mass is 304 g/mol. The molecule has 0 saturated carbocycles. The maximum Gasteiger partial charge on any atom is 0.124 e. The van der Waals surface area contributed by atoms with E-state index in [4.69, 9.17) is 4.74 Å². The van der Waals surface area contributed by atoms with E-state index < -0.39 is 6.10 Å². The third-order valence-corrected chi connectivity index (χ3v) is 4.09. The van der Waals surface area contributed by atoms with Crippen molar-refractivity contribution in [2.45, 2.75) is 12.0 Å². The van der Waals surface area contributed by atoms with Crippen LogP contribution in [0.15, 0.2) is 84.9 Å². The van der Waals surface area contributed by atoms with Gasteiger partial charge in [-0.3, -0.25) is 0 Å². The Morgan fingerprint density at radius 2 is 1.17 bits per heavy atom. The summed E-state index contributed by atoms with van der Waals surface area (Å²) < 4.78 is 5.43. The SMILES string of the molecule is COc1ccccc1[C@@H](O)C(c1ccccc1)c1ccccc1. The summed E-state index contributed by atoms with van der Waals surface area (Å²) in [4.78, 5) is 0. The van der Waals surface area contributed by atoms with Crippen LogP contribution in [-0.2, 0) is 0 Å². The topological polar surface area (TPSA) is 29.5 Å². The minimum Gasteiger partial charge on any atom is -0.496 e. The lowest BCUT2D eigenvalue weighted by molar-refractivity contribution is 0.155. The number of aliphatic hydroxyl groups excluding tert-OH is 1. The lowest BCUT2D eigenvalue weighted by Crippen LogP contribution is -2.13. The van der Waals surface area contributed by atoms with E-state index in [1.165, 1.54) is 0 Å². The van der Waals surface area contributed by atoms with Gasteiger partial charge in [-0.05, 0) is 17.2 Å². The zero-order chi connectivity index (χ0) is 16.1. The van der Waals surface area contributed by atoms with E-state index in [2.05, 4.69) is 24.3 Å². The molecule has 0 unspecified atom stereocenters. The Labute approximate surface area is 137 Å². The molecule has 1 N–H and O–H groups in total. The molecule has 0 fully saturated rings. The molecule has 0 aliphatic rings. The first kappa shape index (κ1) is 15.3. The molecule has 3 aromatic carbocycles. The fourth-order valence-electron chi connectivity index (χ4n) is 2.97. The van der Waals surface area contributed by atoms with Crippen LogP contribution in [0.5, 0.6) is 5.75 Å². The smallest absolute Gasteiger partial charge is 0.124 e. The first-order valence-electron chi connectivity index (χ1n) is 7.72. The van der Waals surface area contributed by atoms with Crippen LogP contribution in [0.25, 0.3) is 0 Å². The number of methoxy groups -OCH3 is 1. The summed E-state index contributed by atoms with van der Waals surface area (Å²) in [6.45, 7) is 0. The van der Waals surface area contributed by atoms with Gasteiger partial charge in [-0.1, -0.05) is 78.9 Å². The molecule has 0 aromatic heterocycles. The highest BCUT2D eigenvalue weighted by Crippen LogP contribution is 2.39. The normalized spacial score (nSPS) is 12.1. The highest BCUT2D eigenvalue weighted by molar-refractivity contribution is 5.42. The van der Waals surface area contributed by atoms with E-state index in [1.54, 1.807) is 7.11 Å². The highest BCUT2D eigenvalue weighted by atomic mass is 16.5. The van der Waals surface area contributed by atoms with Crippen molar-refractivity contribution in [3.63, 3.8) is 0 Å². The maximum absolute atomic E-state index is 11.1. The van der Waals surface area contributed by atoms with Gasteiger partial charge in [-0.2, -0.15) is 0 Å². The molecular formula is C21H20O2. The van der Waals surface area contributed by atoms with Crippen LogP contribution in [0.2, 0.25) is 0 Å².